The number of rotatable bonds is 3. The van der Waals surface area contributed by atoms with Gasteiger partial charge in [-0.25, -0.2) is 8.42 Å². The number of benzene rings is 1. The van der Waals surface area contributed by atoms with Gasteiger partial charge in [0.15, 0.2) is 9.84 Å². The number of hydrogen-bond donors (Lipinski definition) is 1. The second kappa shape index (κ2) is 5.42. The van der Waals surface area contributed by atoms with E-state index in [0.717, 1.165) is 28.8 Å². The number of fused-ring (bicyclic) bond motifs is 1. The Kier molecular flexibility index (Phi) is 4.23. The van der Waals surface area contributed by atoms with Crippen molar-refractivity contribution in [3.05, 3.63) is 22.2 Å². The van der Waals surface area contributed by atoms with E-state index in [0.29, 0.717) is 11.4 Å². The van der Waals surface area contributed by atoms with Gasteiger partial charge in [-0.05, 0) is 54.5 Å². The molecule has 0 aromatic heterocycles. The molecule has 0 spiro atoms. The molecule has 1 heterocycles. The van der Waals surface area contributed by atoms with Crippen molar-refractivity contribution < 1.29 is 8.42 Å². The standard InChI is InChI=1S/C13H19BrN2O2S/c1-9-6-11(14)13-12(7-9)19(17,18)10(2)8-16(13)5-4-15-3/h6-7,10,15H,4-5,8H2,1-3H3. The molecule has 0 saturated heterocycles. The van der Waals surface area contributed by atoms with Crippen LogP contribution in [0.5, 0.6) is 0 Å². The zero-order valence-electron chi connectivity index (χ0n) is 11.4. The number of hydrogen-bond acceptors (Lipinski definition) is 4. The Balaban J connectivity index is 2.58. The minimum Gasteiger partial charge on any atom is -0.367 e. The van der Waals surface area contributed by atoms with Gasteiger partial charge in [0, 0.05) is 24.1 Å². The van der Waals surface area contributed by atoms with Gasteiger partial charge < -0.3 is 10.2 Å². The third-order valence-electron chi connectivity index (χ3n) is 3.43. The molecular weight excluding hydrogens is 328 g/mol. The zero-order chi connectivity index (χ0) is 14.2. The summed E-state index contributed by atoms with van der Waals surface area (Å²) in [5.74, 6) is 0. The molecule has 1 aromatic rings. The molecule has 1 aliphatic heterocycles. The van der Waals surface area contributed by atoms with E-state index < -0.39 is 9.84 Å². The first-order valence-corrected chi connectivity index (χ1v) is 8.65. The van der Waals surface area contributed by atoms with Gasteiger partial charge in [0.2, 0.25) is 0 Å². The highest BCUT2D eigenvalue weighted by molar-refractivity contribution is 9.10. The van der Waals surface area contributed by atoms with Gasteiger partial charge in [-0.1, -0.05) is 0 Å². The lowest BCUT2D eigenvalue weighted by molar-refractivity contribution is 0.570. The molecule has 0 saturated carbocycles. The van der Waals surface area contributed by atoms with Crippen LogP contribution in [0.25, 0.3) is 0 Å². The molecule has 1 aliphatic rings. The Morgan fingerprint density at radius 2 is 2.16 bits per heavy atom. The van der Waals surface area contributed by atoms with Crippen molar-refractivity contribution in [1.82, 2.24) is 5.32 Å². The summed E-state index contributed by atoms with van der Waals surface area (Å²) in [7, 11) is -1.32. The average Bonchev–Trinajstić information content (AvgIpc) is 2.32. The van der Waals surface area contributed by atoms with Crippen LogP contribution in [0, 0.1) is 6.92 Å². The van der Waals surface area contributed by atoms with Crippen molar-refractivity contribution in [2.45, 2.75) is 24.0 Å². The van der Waals surface area contributed by atoms with Crippen molar-refractivity contribution in [2.75, 3.05) is 31.6 Å². The molecule has 19 heavy (non-hydrogen) atoms. The normalized spacial score (nSPS) is 21.3. The molecule has 0 bridgehead atoms. The molecule has 1 unspecified atom stereocenters. The van der Waals surface area contributed by atoms with Crippen molar-refractivity contribution >= 4 is 31.5 Å². The Labute approximate surface area is 123 Å². The summed E-state index contributed by atoms with van der Waals surface area (Å²) in [4.78, 5) is 2.59. The minimum absolute atomic E-state index is 0.370. The number of likely N-dealkylation sites (N-methyl/N-ethyl adjacent to an activating group) is 1. The molecule has 6 heteroatoms. The van der Waals surface area contributed by atoms with E-state index in [1.165, 1.54) is 0 Å². The fraction of sp³-hybridized carbons (Fsp3) is 0.538. The average molecular weight is 347 g/mol. The van der Waals surface area contributed by atoms with Gasteiger partial charge in [-0.15, -0.1) is 0 Å². The molecule has 0 radical (unpaired) electrons. The van der Waals surface area contributed by atoms with Crippen molar-refractivity contribution in [1.29, 1.82) is 0 Å². The largest absolute Gasteiger partial charge is 0.367 e. The smallest absolute Gasteiger partial charge is 0.184 e. The first-order chi connectivity index (χ1) is 8.87. The summed E-state index contributed by atoms with van der Waals surface area (Å²) in [5.41, 5.74) is 1.76. The predicted octanol–water partition coefficient (Wildman–Crippen LogP) is 1.96. The van der Waals surface area contributed by atoms with E-state index in [4.69, 9.17) is 0 Å². The van der Waals surface area contributed by atoms with Crippen LogP contribution in [0.1, 0.15) is 12.5 Å². The lowest BCUT2D eigenvalue weighted by atomic mass is 10.2. The van der Waals surface area contributed by atoms with E-state index in [1.54, 1.807) is 13.0 Å². The summed E-state index contributed by atoms with van der Waals surface area (Å²) in [6, 6.07) is 3.74. The first-order valence-electron chi connectivity index (χ1n) is 6.31. The summed E-state index contributed by atoms with van der Waals surface area (Å²) < 4.78 is 25.8. The van der Waals surface area contributed by atoms with E-state index in [9.17, 15) is 8.42 Å². The molecule has 1 N–H and O–H groups in total. The van der Waals surface area contributed by atoms with Crippen molar-refractivity contribution in [2.24, 2.45) is 0 Å². The third-order valence-corrected chi connectivity index (χ3v) is 6.17. The van der Waals surface area contributed by atoms with E-state index >= 15 is 0 Å². The highest BCUT2D eigenvalue weighted by atomic mass is 79.9. The maximum atomic E-state index is 12.5. The zero-order valence-corrected chi connectivity index (χ0v) is 13.8. The molecular formula is C13H19BrN2O2S. The second-order valence-corrected chi connectivity index (χ2v) is 8.19. The molecule has 4 nitrogen and oxygen atoms in total. The van der Waals surface area contributed by atoms with Crippen LogP contribution in [0.15, 0.2) is 21.5 Å². The monoisotopic (exact) mass is 346 g/mol. The number of nitrogens with one attached hydrogen (secondary N) is 1. The molecule has 1 aromatic carbocycles. The van der Waals surface area contributed by atoms with Crippen LogP contribution >= 0.6 is 15.9 Å². The topological polar surface area (TPSA) is 49.4 Å². The van der Waals surface area contributed by atoms with Crippen LogP contribution in [-0.2, 0) is 9.84 Å². The van der Waals surface area contributed by atoms with Crippen LogP contribution in [0.4, 0.5) is 5.69 Å². The van der Waals surface area contributed by atoms with E-state index in [1.807, 2.05) is 20.0 Å². The lowest BCUT2D eigenvalue weighted by Crippen LogP contribution is -2.43. The van der Waals surface area contributed by atoms with Crippen LogP contribution in [-0.4, -0.2) is 40.3 Å². The summed E-state index contributed by atoms with van der Waals surface area (Å²) in [5, 5.41) is 2.74. The number of nitrogens with zero attached hydrogens (tertiary/aromatic N) is 1. The second-order valence-electron chi connectivity index (χ2n) is 5.00. The molecule has 0 aliphatic carbocycles. The van der Waals surface area contributed by atoms with Crippen molar-refractivity contribution in [3.8, 4) is 0 Å². The fourth-order valence-corrected chi connectivity index (χ4v) is 5.02. The van der Waals surface area contributed by atoms with E-state index in [-0.39, 0.29) is 5.25 Å². The lowest BCUT2D eigenvalue weighted by Gasteiger charge is -2.35. The van der Waals surface area contributed by atoms with Crippen LogP contribution in [0.2, 0.25) is 0 Å². The number of sulfone groups is 1. The maximum absolute atomic E-state index is 12.5. The summed E-state index contributed by atoms with van der Waals surface area (Å²) in [6.07, 6.45) is 0. The highest BCUT2D eigenvalue weighted by Gasteiger charge is 2.35. The SMILES string of the molecule is CNCCN1CC(C)S(=O)(=O)c2cc(C)cc(Br)c21. The number of aryl methyl sites for hydroxylation is 1. The molecule has 0 amide bonds. The molecule has 2 rings (SSSR count). The molecule has 0 fully saturated rings. The fourth-order valence-electron chi connectivity index (χ4n) is 2.39. The summed E-state index contributed by atoms with van der Waals surface area (Å²) in [6.45, 7) is 5.86. The Bertz CT molecular complexity index is 587. The number of anilines is 1. The van der Waals surface area contributed by atoms with Crippen LogP contribution in [0.3, 0.4) is 0 Å². The van der Waals surface area contributed by atoms with Gasteiger partial charge in [0.1, 0.15) is 0 Å². The minimum atomic E-state index is -3.22. The molecule has 1 atom stereocenters. The highest BCUT2D eigenvalue weighted by Crippen LogP contribution is 2.39. The predicted molar refractivity (Wildman–Crippen MR) is 81.7 cm³/mol. The van der Waals surface area contributed by atoms with Gasteiger partial charge in [-0.3, -0.25) is 0 Å². The molecule has 106 valence electrons. The third kappa shape index (κ3) is 2.66. The van der Waals surface area contributed by atoms with Gasteiger partial charge in [0.25, 0.3) is 0 Å². The number of halogens is 1. The Morgan fingerprint density at radius 3 is 2.79 bits per heavy atom. The van der Waals surface area contributed by atoms with E-state index in [2.05, 4.69) is 26.1 Å². The quantitative estimate of drug-likeness (QED) is 0.908. The first kappa shape index (κ1) is 14.8. The Morgan fingerprint density at radius 1 is 1.47 bits per heavy atom. The summed E-state index contributed by atoms with van der Waals surface area (Å²) >= 11 is 3.51. The van der Waals surface area contributed by atoms with Crippen molar-refractivity contribution in [3.63, 3.8) is 0 Å². The van der Waals surface area contributed by atoms with Gasteiger partial charge >= 0.3 is 0 Å². The van der Waals surface area contributed by atoms with Gasteiger partial charge in [0.05, 0.1) is 15.8 Å². The van der Waals surface area contributed by atoms with Crippen LogP contribution < -0.4 is 10.2 Å². The maximum Gasteiger partial charge on any atom is 0.184 e. The van der Waals surface area contributed by atoms with Gasteiger partial charge in [-0.2, -0.15) is 0 Å². The Hall–Kier alpha value is -0.590.